The highest BCUT2D eigenvalue weighted by molar-refractivity contribution is 7.99. The zero-order valence-electron chi connectivity index (χ0n) is 11.2. The Kier molecular flexibility index (Phi) is 3.79. The van der Waals surface area contributed by atoms with Crippen LogP contribution in [0.5, 0.6) is 0 Å². The molecule has 1 unspecified atom stereocenters. The SMILES string of the molecule is O=C(O)C1CSCCN1C(=O)c1nccc2ccccc12. The summed E-state index contributed by atoms with van der Waals surface area (Å²) in [6.45, 7) is 0.436. The van der Waals surface area contributed by atoms with Gasteiger partial charge in [-0.15, -0.1) is 0 Å². The summed E-state index contributed by atoms with van der Waals surface area (Å²) in [6.07, 6.45) is 1.59. The van der Waals surface area contributed by atoms with E-state index < -0.39 is 12.0 Å². The van der Waals surface area contributed by atoms with Gasteiger partial charge in [-0.05, 0) is 11.5 Å². The summed E-state index contributed by atoms with van der Waals surface area (Å²) in [6, 6.07) is 8.55. The first kappa shape index (κ1) is 13.9. The largest absolute Gasteiger partial charge is 0.480 e. The number of carboxylic acids is 1. The van der Waals surface area contributed by atoms with Crippen molar-refractivity contribution in [3.8, 4) is 0 Å². The van der Waals surface area contributed by atoms with Crippen LogP contribution >= 0.6 is 11.8 Å². The molecule has 0 saturated carbocycles. The molecule has 1 aliphatic rings. The number of aromatic nitrogens is 1. The van der Waals surface area contributed by atoms with E-state index in [1.165, 1.54) is 4.90 Å². The van der Waals surface area contributed by atoms with Gasteiger partial charge in [0.2, 0.25) is 0 Å². The van der Waals surface area contributed by atoms with Crippen LogP contribution in [0, 0.1) is 0 Å². The molecular formula is C15H14N2O3S. The Balaban J connectivity index is 2.01. The van der Waals surface area contributed by atoms with Gasteiger partial charge in [-0.2, -0.15) is 11.8 Å². The van der Waals surface area contributed by atoms with Gasteiger partial charge in [0, 0.05) is 29.6 Å². The summed E-state index contributed by atoms with van der Waals surface area (Å²) in [5, 5.41) is 11.0. The van der Waals surface area contributed by atoms with Gasteiger partial charge in [-0.25, -0.2) is 4.79 Å². The van der Waals surface area contributed by atoms with Gasteiger partial charge in [0.05, 0.1) is 0 Å². The number of carboxylic acid groups (broad SMARTS) is 1. The van der Waals surface area contributed by atoms with Crippen LogP contribution in [0.4, 0.5) is 0 Å². The molecule has 0 spiro atoms. The minimum atomic E-state index is -0.962. The predicted molar refractivity (Wildman–Crippen MR) is 81.5 cm³/mol. The molecule has 0 bridgehead atoms. The maximum atomic E-state index is 12.7. The Labute approximate surface area is 126 Å². The Morgan fingerprint density at radius 3 is 2.90 bits per heavy atom. The van der Waals surface area contributed by atoms with E-state index in [1.807, 2.05) is 30.3 Å². The lowest BCUT2D eigenvalue weighted by Crippen LogP contribution is -2.50. The molecule has 1 saturated heterocycles. The second-order valence-electron chi connectivity index (χ2n) is 4.81. The van der Waals surface area contributed by atoms with Crippen LogP contribution in [0.2, 0.25) is 0 Å². The molecule has 1 aromatic carbocycles. The molecule has 21 heavy (non-hydrogen) atoms. The van der Waals surface area contributed by atoms with Crippen LogP contribution in [0.15, 0.2) is 36.5 Å². The molecule has 6 heteroatoms. The van der Waals surface area contributed by atoms with Crippen molar-refractivity contribution >= 4 is 34.4 Å². The fourth-order valence-corrected chi connectivity index (χ4v) is 3.52. The average Bonchev–Trinajstić information content (AvgIpc) is 2.53. The van der Waals surface area contributed by atoms with E-state index >= 15 is 0 Å². The maximum Gasteiger partial charge on any atom is 0.327 e. The van der Waals surface area contributed by atoms with Crippen LogP contribution in [-0.2, 0) is 4.79 Å². The lowest BCUT2D eigenvalue weighted by Gasteiger charge is -2.32. The Morgan fingerprint density at radius 2 is 2.10 bits per heavy atom. The number of hydrogen-bond acceptors (Lipinski definition) is 4. The number of rotatable bonds is 2. The van der Waals surface area contributed by atoms with E-state index in [0.717, 1.165) is 16.5 Å². The van der Waals surface area contributed by atoms with Gasteiger partial charge in [-0.3, -0.25) is 9.78 Å². The van der Waals surface area contributed by atoms with Crippen LogP contribution in [0.25, 0.3) is 10.8 Å². The summed E-state index contributed by atoms with van der Waals surface area (Å²) in [5.74, 6) is -0.0955. The Hall–Kier alpha value is -2.08. The second kappa shape index (κ2) is 5.73. The Bertz CT molecular complexity index is 699. The zero-order valence-corrected chi connectivity index (χ0v) is 12.0. The van der Waals surface area contributed by atoms with Crippen molar-refractivity contribution in [2.75, 3.05) is 18.1 Å². The van der Waals surface area contributed by atoms with E-state index in [0.29, 0.717) is 18.0 Å². The van der Waals surface area contributed by atoms with Crippen LogP contribution in [0.3, 0.4) is 0 Å². The molecule has 0 aliphatic carbocycles. The van der Waals surface area contributed by atoms with Crippen molar-refractivity contribution in [2.45, 2.75) is 6.04 Å². The van der Waals surface area contributed by atoms with E-state index in [1.54, 1.807) is 18.0 Å². The molecule has 1 aromatic heterocycles. The normalized spacial score (nSPS) is 18.7. The molecule has 2 heterocycles. The number of fused-ring (bicyclic) bond motifs is 1. The third kappa shape index (κ3) is 2.58. The van der Waals surface area contributed by atoms with Crippen molar-refractivity contribution in [1.29, 1.82) is 0 Å². The van der Waals surface area contributed by atoms with Gasteiger partial charge in [0.15, 0.2) is 0 Å². The summed E-state index contributed by atoms with van der Waals surface area (Å²) in [5.41, 5.74) is 0.325. The van der Waals surface area contributed by atoms with Crippen LogP contribution < -0.4 is 0 Å². The van der Waals surface area contributed by atoms with Gasteiger partial charge < -0.3 is 10.0 Å². The van der Waals surface area contributed by atoms with Crippen LogP contribution in [-0.4, -0.2) is 51.0 Å². The molecule has 108 valence electrons. The first-order valence-corrected chi connectivity index (χ1v) is 7.79. The topological polar surface area (TPSA) is 70.5 Å². The molecule has 1 aliphatic heterocycles. The molecule has 3 rings (SSSR count). The molecule has 1 fully saturated rings. The number of thioether (sulfide) groups is 1. The molecule has 1 amide bonds. The molecule has 1 atom stereocenters. The summed E-state index contributed by atoms with van der Waals surface area (Å²) < 4.78 is 0. The first-order chi connectivity index (χ1) is 10.2. The molecule has 2 aromatic rings. The molecule has 1 N–H and O–H groups in total. The molecule has 0 radical (unpaired) electrons. The van der Waals surface area contributed by atoms with Crippen molar-refractivity contribution in [3.05, 3.63) is 42.2 Å². The smallest absolute Gasteiger partial charge is 0.327 e. The maximum absolute atomic E-state index is 12.7. The fourth-order valence-electron chi connectivity index (χ4n) is 2.48. The lowest BCUT2D eigenvalue weighted by molar-refractivity contribution is -0.141. The fraction of sp³-hybridized carbons (Fsp3) is 0.267. The standard InChI is InChI=1S/C15H14N2O3S/c18-14(17-7-8-21-9-12(17)15(19)20)13-11-4-2-1-3-10(11)5-6-16-13/h1-6,12H,7-9H2,(H,19,20). The van der Waals surface area contributed by atoms with E-state index in [4.69, 9.17) is 0 Å². The summed E-state index contributed by atoms with van der Waals surface area (Å²) in [4.78, 5) is 29.7. The van der Waals surface area contributed by atoms with Crippen molar-refractivity contribution in [3.63, 3.8) is 0 Å². The highest BCUT2D eigenvalue weighted by Gasteiger charge is 2.33. The first-order valence-electron chi connectivity index (χ1n) is 6.64. The zero-order chi connectivity index (χ0) is 14.8. The number of aliphatic carboxylic acids is 1. The van der Waals surface area contributed by atoms with E-state index in [-0.39, 0.29) is 5.91 Å². The summed E-state index contributed by atoms with van der Waals surface area (Å²) in [7, 11) is 0. The van der Waals surface area contributed by atoms with Gasteiger partial charge in [-0.1, -0.05) is 24.3 Å². The highest BCUT2D eigenvalue weighted by atomic mass is 32.2. The number of carbonyl (C=O) groups is 2. The van der Waals surface area contributed by atoms with Crippen molar-refractivity contribution in [2.24, 2.45) is 0 Å². The lowest BCUT2D eigenvalue weighted by atomic mass is 10.1. The third-order valence-corrected chi connectivity index (χ3v) is 4.57. The highest BCUT2D eigenvalue weighted by Crippen LogP contribution is 2.22. The number of hydrogen-bond donors (Lipinski definition) is 1. The van der Waals surface area contributed by atoms with Gasteiger partial charge in [0.25, 0.3) is 5.91 Å². The minimum Gasteiger partial charge on any atom is -0.480 e. The van der Waals surface area contributed by atoms with Crippen molar-refractivity contribution < 1.29 is 14.7 Å². The van der Waals surface area contributed by atoms with E-state index in [2.05, 4.69) is 4.98 Å². The van der Waals surface area contributed by atoms with Crippen LogP contribution in [0.1, 0.15) is 10.5 Å². The molecular weight excluding hydrogens is 288 g/mol. The van der Waals surface area contributed by atoms with Gasteiger partial charge >= 0.3 is 5.97 Å². The minimum absolute atomic E-state index is 0.306. The number of pyridine rings is 1. The second-order valence-corrected chi connectivity index (χ2v) is 5.96. The number of nitrogens with zero attached hydrogens (tertiary/aromatic N) is 2. The summed E-state index contributed by atoms with van der Waals surface area (Å²) >= 11 is 1.56. The number of amides is 1. The average molecular weight is 302 g/mol. The van der Waals surface area contributed by atoms with E-state index in [9.17, 15) is 14.7 Å². The number of benzene rings is 1. The monoisotopic (exact) mass is 302 g/mol. The molecule has 5 nitrogen and oxygen atoms in total. The quantitative estimate of drug-likeness (QED) is 0.917. The predicted octanol–water partition coefficient (Wildman–Crippen LogP) is 1.88. The number of carbonyl (C=O) groups excluding carboxylic acids is 1. The third-order valence-electron chi connectivity index (χ3n) is 3.55. The Morgan fingerprint density at radius 1 is 1.29 bits per heavy atom. The van der Waals surface area contributed by atoms with Gasteiger partial charge in [0.1, 0.15) is 11.7 Å². The van der Waals surface area contributed by atoms with Crippen molar-refractivity contribution in [1.82, 2.24) is 9.88 Å².